The van der Waals surface area contributed by atoms with E-state index in [2.05, 4.69) is 9.72 Å². The average Bonchev–Trinajstić information content (AvgIpc) is 2.37. The van der Waals surface area contributed by atoms with Crippen LogP contribution in [0.25, 0.3) is 0 Å². The lowest BCUT2D eigenvalue weighted by atomic mass is 10.3. The van der Waals surface area contributed by atoms with Crippen LogP contribution in [0.3, 0.4) is 0 Å². The molecule has 0 fully saturated rings. The molecule has 3 N–H and O–H groups in total. The van der Waals surface area contributed by atoms with E-state index in [1.807, 2.05) is 0 Å². The van der Waals surface area contributed by atoms with Crippen LogP contribution in [-0.2, 0) is 16.0 Å². The van der Waals surface area contributed by atoms with Crippen molar-refractivity contribution in [3.63, 3.8) is 0 Å². The van der Waals surface area contributed by atoms with E-state index in [1.54, 1.807) is 12.3 Å². The Hall–Kier alpha value is -1.16. The molecule has 1 aromatic rings. The van der Waals surface area contributed by atoms with Crippen LogP contribution >= 0.6 is 12.4 Å². The second-order valence-corrected chi connectivity index (χ2v) is 2.13. The molecular weight excluding hydrogens is 180 g/mol. The lowest BCUT2D eigenvalue weighted by Gasteiger charge is -1.97. The van der Waals surface area contributed by atoms with Crippen molar-refractivity contribution in [1.29, 1.82) is 0 Å². The van der Waals surface area contributed by atoms with Gasteiger partial charge in [0, 0.05) is 18.3 Å². The molecule has 1 rings (SSSR count). The maximum Gasteiger partial charge on any atom is 0.293 e. The van der Waals surface area contributed by atoms with Gasteiger partial charge in [0.25, 0.3) is 6.47 Å². The number of rotatable bonds is 4. The number of carbonyl (C=O) groups is 1. The van der Waals surface area contributed by atoms with E-state index >= 15 is 0 Å². The summed E-state index contributed by atoms with van der Waals surface area (Å²) in [7, 11) is 0. The zero-order valence-electron chi connectivity index (χ0n) is 6.45. The molecular formula is C7H11ClN2O2. The number of aromatic amines is 1. The Morgan fingerprint density at radius 1 is 1.67 bits per heavy atom. The van der Waals surface area contributed by atoms with Crippen molar-refractivity contribution in [2.24, 2.45) is 0 Å². The molecule has 0 radical (unpaired) electrons. The third-order valence-corrected chi connectivity index (χ3v) is 1.41. The number of nitrogens with two attached hydrogens (primary N) is 1. The van der Waals surface area contributed by atoms with Crippen molar-refractivity contribution in [3.8, 4) is 0 Å². The van der Waals surface area contributed by atoms with Crippen LogP contribution < -0.4 is 5.73 Å². The zero-order chi connectivity index (χ0) is 8.10. The van der Waals surface area contributed by atoms with E-state index in [4.69, 9.17) is 5.73 Å². The van der Waals surface area contributed by atoms with Crippen LogP contribution in [0, 0.1) is 0 Å². The van der Waals surface area contributed by atoms with Gasteiger partial charge in [0.05, 0.1) is 12.3 Å². The Morgan fingerprint density at radius 3 is 2.92 bits per heavy atom. The molecule has 0 aliphatic heterocycles. The Labute approximate surface area is 76.5 Å². The lowest BCUT2D eigenvalue weighted by molar-refractivity contribution is -0.128. The highest BCUT2D eigenvalue weighted by Crippen LogP contribution is 2.08. The molecule has 0 aliphatic carbocycles. The zero-order valence-corrected chi connectivity index (χ0v) is 7.26. The Morgan fingerprint density at radius 2 is 2.42 bits per heavy atom. The van der Waals surface area contributed by atoms with E-state index in [-0.39, 0.29) is 12.4 Å². The molecule has 1 aromatic heterocycles. The minimum atomic E-state index is 0. The van der Waals surface area contributed by atoms with E-state index < -0.39 is 0 Å². The first-order valence-corrected chi connectivity index (χ1v) is 3.31. The molecule has 68 valence electrons. The highest BCUT2D eigenvalue weighted by atomic mass is 35.5. The third kappa shape index (κ3) is 2.84. The number of hydrogen-bond acceptors (Lipinski definition) is 3. The molecule has 0 aliphatic rings. The van der Waals surface area contributed by atoms with Gasteiger partial charge in [0.15, 0.2) is 0 Å². The maximum atomic E-state index is 9.75. The average molecular weight is 191 g/mol. The van der Waals surface area contributed by atoms with Crippen LogP contribution in [0.1, 0.15) is 5.69 Å². The number of H-pyrrole nitrogens is 1. The van der Waals surface area contributed by atoms with Gasteiger partial charge in [0.2, 0.25) is 0 Å². The topological polar surface area (TPSA) is 68.1 Å². The third-order valence-electron chi connectivity index (χ3n) is 1.41. The van der Waals surface area contributed by atoms with Crippen molar-refractivity contribution in [2.75, 3.05) is 12.3 Å². The number of ether oxygens (including phenoxy) is 1. The summed E-state index contributed by atoms with van der Waals surface area (Å²) in [5.41, 5.74) is 7.16. The van der Waals surface area contributed by atoms with Crippen LogP contribution in [0.2, 0.25) is 0 Å². The Bertz CT molecular complexity index is 237. The van der Waals surface area contributed by atoms with E-state index in [9.17, 15) is 4.79 Å². The van der Waals surface area contributed by atoms with Crippen LogP contribution in [0.15, 0.2) is 12.3 Å². The minimum Gasteiger partial charge on any atom is -0.467 e. The number of anilines is 1. The first-order chi connectivity index (χ1) is 5.34. The molecule has 4 nitrogen and oxygen atoms in total. The van der Waals surface area contributed by atoms with Crippen LogP contribution in [-0.4, -0.2) is 18.1 Å². The van der Waals surface area contributed by atoms with Gasteiger partial charge in [-0.1, -0.05) is 0 Å². The predicted octanol–water partition coefficient (Wildman–Crippen LogP) is 0.734. The van der Waals surface area contributed by atoms with Crippen molar-refractivity contribution in [1.82, 2.24) is 4.98 Å². The molecule has 0 aromatic carbocycles. The van der Waals surface area contributed by atoms with Gasteiger partial charge >= 0.3 is 0 Å². The summed E-state index contributed by atoms with van der Waals surface area (Å²) in [6, 6.07) is 1.77. The molecule has 0 saturated heterocycles. The van der Waals surface area contributed by atoms with Crippen molar-refractivity contribution in [3.05, 3.63) is 18.0 Å². The summed E-state index contributed by atoms with van der Waals surface area (Å²) in [5, 5.41) is 0. The summed E-state index contributed by atoms with van der Waals surface area (Å²) in [4.78, 5) is 12.7. The Balaban J connectivity index is 0.00000121. The molecule has 0 unspecified atom stereocenters. The molecule has 0 atom stereocenters. The second kappa shape index (κ2) is 5.49. The summed E-state index contributed by atoms with van der Waals surface area (Å²) in [6.07, 6.45) is 2.39. The summed E-state index contributed by atoms with van der Waals surface area (Å²) in [5.74, 6) is 0. The number of carbonyl (C=O) groups excluding carboxylic acids is 1. The lowest BCUT2D eigenvalue weighted by Crippen LogP contribution is -1.99. The van der Waals surface area contributed by atoms with Gasteiger partial charge in [0.1, 0.15) is 0 Å². The normalized spacial score (nSPS) is 8.67. The van der Waals surface area contributed by atoms with Gasteiger partial charge in [-0.3, -0.25) is 4.79 Å². The van der Waals surface area contributed by atoms with E-state index in [0.29, 0.717) is 25.2 Å². The molecule has 0 amide bonds. The van der Waals surface area contributed by atoms with Gasteiger partial charge < -0.3 is 15.5 Å². The molecule has 0 saturated carbocycles. The maximum absolute atomic E-state index is 9.75. The van der Waals surface area contributed by atoms with Gasteiger partial charge in [-0.25, -0.2) is 0 Å². The summed E-state index contributed by atoms with van der Waals surface area (Å²) < 4.78 is 4.51. The van der Waals surface area contributed by atoms with Crippen molar-refractivity contribution in [2.45, 2.75) is 6.42 Å². The highest BCUT2D eigenvalue weighted by Gasteiger charge is 1.98. The van der Waals surface area contributed by atoms with Crippen LogP contribution in [0.4, 0.5) is 5.69 Å². The molecule has 0 bridgehead atoms. The fourth-order valence-electron chi connectivity index (χ4n) is 0.842. The standard InChI is InChI=1S/C7H10N2O2.ClH/c8-6-1-3-9-7(6)2-4-11-5-10;/h1,3,5,9H,2,4,8H2;1H. The van der Waals surface area contributed by atoms with Gasteiger partial charge in [-0.2, -0.15) is 0 Å². The van der Waals surface area contributed by atoms with Crippen molar-refractivity contribution < 1.29 is 9.53 Å². The van der Waals surface area contributed by atoms with Crippen LogP contribution in [0.5, 0.6) is 0 Å². The SMILES string of the molecule is Cl.Nc1cc[nH]c1CCOC=O. The van der Waals surface area contributed by atoms with E-state index in [1.165, 1.54) is 0 Å². The summed E-state index contributed by atoms with van der Waals surface area (Å²) >= 11 is 0. The van der Waals surface area contributed by atoms with Gasteiger partial charge in [-0.15, -0.1) is 12.4 Å². The monoisotopic (exact) mass is 190 g/mol. The number of aromatic nitrogens is 1. The molecule has 12 heavy (non-hydrogen) atoms. The van der Waals surface area contributed by atoms with Gasteiger partial charge in [-0.05, 0) is 6.07 Å². The number of nitrogen functional groups attached to an aromatic ring is 1. The Kier molecular flexibility index (Phi) is 4.96. The first kappa shape index (κ1) is 10.8. The molecule has 0 spiro atoms. The first-order valence-electron chi connectivity index (χ1n) is 3.31. The highest BCUT2D eigenvalue weighted by molar-refractivity contribution is 5.85. The summed E-state index contributed by atoms with van der Waals surface area (Å²) in [6.45, 7) is 0.799. The number of nitrogens with one attached hydrogen (secondary N) is 1. The molecule has 5 heteroatoms. The smallest absolute Gasteiger partial charge is 0.293 e. The van der Waals surface area contributed by atoms with E-state index in [0.717, 1.165) is 5.69 Å². The fourth-order valence-corrected chi connectivity index (χ4v) is 0.842. The van der Waals surface area contributed by atoms with Crippen molar-refractivity contribution >= 4 is 24.6 Å². The quantitative estimate of drug-likeness (QED) is 0.544. The number of halogens is 1. The minimum absolute atomic E-state index is 0. The predicted molar refractivity (Wildman–Crippen MR) is 48.2 cm³/mol. The molecule has 1 heterocycles. The number of hydrogen-bond donors (Lipinski definition) is 2. The second-order valence-electron chi connectivity index (χ2n) is 2.13. The fraction of sp³-hybridized carbons (Fsp3) is 0.286. The largest absolute Gasteiger partial charge is 0.467 e.